The number of nitrogens with zero attached hydrogens (tertiary/aromatic N) is 2. The second-order valence-electron chi connectivity index (χ2n) is 8.47. The number of hydrogen-bond acceptors (Lipinski definition) is 7. The molecule has 3 aromatic heterocycles. The Kier molecular flexibility index (Phi) is 5.51. The lowest BCUT2D eigenvalue weighted by Crippen LogP contribution is -2.48. The van der Waals surface area contributed by atoms with Crippen molar-refractivity contribution in [3.05, 3.63) is 53.2 Å². The van der Waals surface area contributed by atoms with Crippen molar-refractivity contribution >= 4 is 34.4 Å². The zero-order chi connectivity index (χ0) is 21.5. The molecule has 0 aliphatic carbocycles. The summed E-state index contributed by atoms with van der Waals surface area (Å²) in [6, 6.07) is 8.36. The van der Waals surface area contributed by atoms with E-state index in [1.165, 1.54) is 11.3 Å². The van der Waals surface area contributed by atoms with E-state index in [9.17, 15) is 4.79 Å². The fraction of sp³-hybridized carbons (Fsp3) is 0.348. The van der Waals surface area contributed by atoms with E-state index in [1.807, 2.05) is 25.3 Å². The van der Waals surface area contributed by atoms with Crippen LogP contribution in [0.15, 0.2) is 42.7 Å². The quantitative estimate of drug-likeness (QED) is 0.485. The Labute approximate surface area is 185 Å². The van der Waals surface area contributed by atoms with Gasteiger partial charge < -0.3 is 10.6 Å². The Bertz CT molecular complexity index is 1110. The Morgan fingerprint density at radius 3 is 2.60 bits per heavy atom. The van der Waals surface area contributed by atoms with Gasteiger partial charge in [-0.1, -0.05) is 6.58 Å². The van der Waals surface area contributed by atoms with E-state index >= 15 is 0 Å². The maximum absolute atomic E-state index is 11.6. The molecule has 3 aromatic rings. The van der Waals surface area contributed by atoms with Crippen molar-refractivity contribution in [2.45, 2.75) is 52.1 Å². The van der Waals surface area contributed by atoms with Crippen molar-refractivity contribution in [3.63, 3.8) is 0 Å². The molecule has 5 nitrogen and oxygen atoms in total. The molecule has 7 heteroatoms. The first-order valence-electron chi connectivity index (χ1n) is 9.98. The number of nitrogens with one attached hydrogen (secondary N) is 2. The molecule has 1 atom stereocenters. The van der Waals surface area contributed by atoms with Crippen LogP contribution in [0.4, 0.5) is 5.95 Å². The van der Waals surface area contributed by atoms with Crippen molar-refractivity contribution in [1.82, 2.24) is 15.3 Å². The predicted molar refractivity (Wildman–Crippen MR) is 126 cm³/mol. The molecule has 0 saturated carbocycles. The number of anilines is 1. The summed E-state index contributed by atoms with van der Waals surface area (Å²) in [5, 5.41) is 6.96. The minimum absolute atomic E-state index is 0.00259. The second-order valence-corrected chi connectivity index (χ2v) is 10.6. The molecular weight excluding hydrogens is 412 g/mol. The second kappa shape index (κ2) is 7.96. The number of hydrogen-bond donors (Lipinski definition) is 2. The summed E-state index contributed by atoms with van der Waals surface area (Å²) < 4.78 is 0. The summed E-state index contributed by atoms with van der Waals surface area (Å²) in [5.74, 6) is 0.755. The van der Waals surface area contributed by atoms with Crippen LogP contribution in [0.2, 0.25) is 0 Å². The van der Waals surface area contributed by atoms with Gasteiger partial charge in [-0.25, -0.2) is 9.97 Å². The van der Waals surface area contributed by atoms with E-state index < -0.39 is 0 Å². The Balaban J connectivity index is 1.57. The van der Waals surface area contributed by atoms with Gasteiger partial charge >= 0.3 is 0 Å². The normalized spacial score (nSPS) is 18.1. The van der Waals surface area contributed by atoms with Gasteiger partial charge in [0.1, 0.15) is 0 Å². The summed E-state index contributed by atoms with van der Waals surface area (Å²) in [4.78, 5) is 25.1. The first kappa shape index (κ1) is 20.8. The SMILES string of the molecule is C=C1CC(Nc2ncc(C)c(-c3ccc(-c4ccc(C(C)=O)s4)s3)n2)CC(C)(C)N1. The largest absolute Gasteiger partial charge is 0.384 e. The highest BCUT2D eigenvalue weighted by atomic mass is 32.1. The van der Waals surface area contributed by atoms with Gasteiger partial charge in [-0.05, 0) is 63.9 Å². The zero-order valence-electron chi connectivity index (χ0n) is 17.7. The molecule has 1 aliphatic heterocycles. The summed E-state index contributed by atoms with van der Waals surface area (Å²) in [6.07, 6.45) is 3.71. The average molecular weight is 439 g/mol. The summed E-state index contributed by atoms with van der Waals surface area (Å²) in [5.41, 5.74) is 3.03. The fourth-order valence-electron chi connectivity index (χ4n) is 3.87. The summed E-state index contributed by atoms with van der Waals surface area (Å²) >= 11 is 3.22. The van der Waals surface area contributed by atoms with Crippen LogP contribution in [0.3, 0.4) is 0 Å². The van der Waals surface area contributed by atoms with Crippen LogP contribution < -0.4 is 10.6 Å². The van der Waals surface area contributed by atoms with E-state index in [0.29, 0.717) is 5.95 Å². The number of carbonyl (C=O) groups is 1. The number of aryl methyl sites for hydroxylation is 1. The van der Waals surface area contributed by atoms with E-state index in [2.05, 4.69) is 48.2 Å². The molecule has 0 radical (unpaired) electrons. The third-order valence-corrected chi connectivity index (χ3v) is 7.58. The third-order valence-electron chi connectivity index (χ3n) is 5.10. The molecule has 0 spiro atoms. The average Bonchev–Trinajstić information content (AvgIpc) is 3.30. The highest BCUT2D eigenvalue weighted by Gasteiger charge is 2.29. The number of aromatic nitrogens is 2. The van der Waals surface area contributed by atoms with Gasteiger partial charge in [0.2, 0.25) is 5.95 Å². The third kappa shape index (κ3) is 4.47. The van der Waals surface area contributed by atoms with Crippen LogP contribution in [0.1, 0.15) is 48.8 Å². The Hall–Kier alpha value is -2.51. The van der Waals surface area contributed by atoms with Gasteiger partial charge in [0.15, 0.2) is 5.78 Å². The minimum atomic E-state index is 0.00259. The van der Waals surface area contributed by atoms with E-state index in [-0.39, 0.29) is 17.4 Å². The van der Waals surface area contributed by atoms with Crippen molar-refractivity contribution in [3.8, 4) is 20.3 Å². The Morgan fingerprint density at radius 2 is 1.90 bits per heavy atom. The number of thiophene rings is 2. The molecule has 0 aromatic carbocycles. The Morgan fingerprint density at radius 1 is 1.20 bits per heavy atom. The molecule has 156 valence electrons. The molecule has 0 amide bonds. The van der Waals surface area contributed by atoms with Crippen molar-refractivity contribution in [2.75, 3.05) is 5.32 Å². The fourth-order valence-corrected chi connectivity index (χ4v) is 5.92. The lowest BCUT2D eigenvalue weighted by atomic mass is 9.88. The first-order valence-corrected chi connectivity index (χ1v) is 11.6. The van der Waals surface area contributed by atoms with Gasteiger partial charge in [0, 0.05) is 39.6 Å². The smallest absolute Gasteiger partial charge is 0.223 e. The standard InChI is InChI=1S/C23H26N4OS2/c1-13-12-24-22(25-16-10-14(2)27-23(4,5)11-16)26-21(13)20-9-8-19(30-20)18-7-6-17(29-18)15(3)28/h6-9,12,16,27H,2,10-11H2,1,3-5H3,(H,24,25,26). The van der Waals surface area contributed by atoms with Crippen LogP contribution >= 0.6 is 22.7 Å². The maximum atomic E-state index is 11.6. The predicted octanol–water partition coefficient (Wildman–Crippen LogP) is 5.90. The molecular formula is C23H26N4OS2. The lowest BCUT2D eigenvalue weighted by Gasteiger charge is -2.38. The zero-order valence-corrected chi connectivity index (χ0v) is 19.3. The van der Waals surface area contributed by atoms with Crippen LogP contribution in [-0.4, -0.2) is 27.3 Å². The first-order chi connectivity index (χ1) is 14.2. The highest BCUT2D eigenvalue weighted by Crippen LogP contribution is 2.38. The number of piperidine rings is 1. The number of ketones is 1. The number of rotatable bonds is 5. The van der Waals surface area contributed by atoms with Crippen molar-refractivity contribution in [2.24, 2.45) is 0 Å². The van der Waals surface area contributed by atoms with E-state index in [0.717, 1.165) is 49.3 Å². The lowest BCUT2D eigenvalue weighted by molar-refractivity contribution is 0.102. The molecule has 4 rings (SSSR count). The maximum Gasteiger partial charge on any atom is 0.223 e. The van der Waals surface area contributed by atoms with E-state index in [1.54, 1.807) is 18.3 Å². The molecule has 4 heterocycles. The van der Waals surface area contributed by atoms with Crippen molar-refractivity contribution < 1.29 is 4.79 Å². The van der Waals surface area contributed by atoms with Crippen molar-refractivity contribution in [1.29, 1.82) is 0 Å². The summed E-state index contributed by atoms with van der Waals surface area (Å²) in [6.45, 7) is 12.1. The van der Waals surface area contributed by atoms with Gasteiger partial charge in [0.25, 0.3) is 0 Å². The van der Waals surface area contributed by atoms with Gasteiger partial charge in [-0.15, -0.1) is 22.7 Å². The van der Waals surface area contributed by atoms with Gasteiger partial charge in [0.05, 0.1) is 15.4 Å². The monoisotopic (exact) mass is 438 g/mol. The van der Waals surface area contributed by atoms with Crippen LogP contribution in [0, 0.1) is 6.92 Å². The van der Waals surface area contributed by atoms with Crippen LogP contribution in [0.5, 0.6) is 0 Å². The molecule has 1 fully saturated rings. The van der Waals surface area contributed by atoms with Crippen LogP contribution in [0.25, 0.3) is 20.3 Å². The number of Topliss-reactive ketones (excluding diaryl/α,β-unsaturated/α-hetero) is 1. The number of carbonyl (C=O) groups excluding carboxylic acids is 1. The van der Waals surface area contributed by atoms with Crippen LogP contribution in [-0.2, 0) is 0 Å². The van der Waals surface area contributed by atoms with E-state index in [4.69, 9.17) is 4.98 Å². The molecule has 1 aliphatic rings. The molecule has 0 bridgehead atoms. The topological polar surface area (TPSA) is 66.9 Å². The highest BCUT2D eigenvalue weighted by molar-refractivity contribution is 7.24. The molecule has 2 N–H and O–H groups in total. The molecule has 1 unspecified atom stereocenters. The van der Waals surface area contributed by atoms with Gasteiger partial charge in [-0.2, -0.15) is 0 Å². The summed E-state index contributed by atoms with van der Waals surface area (Å²) in [7, 11) is 0. The minimum Gasteiger partial charge on any atom is -0.384 e. The molecule has 1 saturated heterocycles. The molecule has 30 heavy (non-hydrogen) atoms. The van der Waals surface area contributed by atoms with Gasteiger partial charge in [-0.3, -0.25) is 4.79 Å².